The molecule has 116 valence electrons. The van der Waals surface area contributed by atoms with Gasteiger partial charge in [-0.3, -0.25) is 10.1 Å². The van der Waals surface area contributed by atoms with Crippen LogP contribution < -0.4 is 0 Å². The lowest BCUT2D eigenvalue weighted by Crippen LogP contribution is -2.08. The predicted molar refractivity (Wildman–Crippen MR) is 82.8 cm³/mol. The summed E-state index contributed by atoms with van der Waals surface area (Å²) < 4.78 is 10.3. The zero-order valence-electron chi connectivity index (χ0n) is 12.4. The second-order valence-corrected chi connectivity index (χ2v) is 4.54. The average molecular weight is 310 g/mol. The van der Waals surface area contributed by atoms with E-state index in [0.717, 1.165) is 5.56 Å². The molecule has 7 nitrogen and oxygen atoms in total. The minimum atomic E-state index is -0.502. The number of nitrogens with zero attached hydrogens (tertiary/aromatic N) is 3. The number of esters is 1. The topological polar surface area (TPSA) is 93.9 Å². The van der Waals surface area contributed by atoms with E-state index >= 15 is 0 Å². The van der Waals surface area contributed by atoms with Crippen LogP contribution in [0.15, 0.2) is 47.3 Å². The molecule has 0 aliphatic heterocycles. The highest BCUT2D eigenvalue weighted by molar-refractivity contribution is 6.20. The van der Waals surface area contributed by atoms with Crippen molar-refractivity contribution in [1.82, 2.24) is 20.2 Å². The number of aromatic nitrogens is 4. The molecule has 0 fully saturated rings. The van der Waals surface area contributed by atoms with Crippen molar-refractivity contribution in [3.8, 4) is 11.4 Å². The summed E-state index contributed by atoms with van der Waals surface area (Å²) in [6.45, 7) is 2.00. The maximum absolute atomic E-state index is 12.2. The first-order valence-electron chi connectivity index (χ1n) is 7.03. The zero-order chi connectivity index (χ0) is 16.1. The molecule has 0 saturated heterocycles. The van der Waals surface area contributed by atoms with Crippen LogP contribution in [0.4, 0.5) is 0 Å². The van der Waals surface area contributed by atoms with Crippen LogP contribution in [0.2, 0.25) is 0 Å². The SMILES string of the molecule is CCOC(=O)C(=Cc1ccco1)c1nc(-c2cccnc2)n[nH]1. The monoisotopic (exact) mass is 310 g/mol. The number of rotatable bonds is 5. The van der Waals surface area contributed by atoms with Crippen LogP contribution in [0.25, 0.3) is 23.0 Å². The maximum atomic E-state index is 12.2. The van der Waals surface area contributed by atoms with E-state index in [4.69, 9.17) is 9.15 Å². The van der Waals surface area contributed by atoms with Crippen molar-refractivity contribution in [2.45, 2.75) is 6.92 Å². The van der Waals surface area contributed by atoms with E-state index in [1.807, 2.05) is 6.07 Å². The smallest absolute Gasteiger partial charge is 0.342 e. The number of ether oxygens (including phenoxy) is 1. The van der Waals surface area contributed by atoms with E-state index in [0.29, 0.717) is 17.4 Å². The van der Waals surface area contributed by atoms with Gasteiger partial charge in [-0.2, -0.15) is 5.10 Å². The van der Waals surface area contributed by atoms with Gasteiger partial charge in [0.05, 0.1) is 12.9 Å². The summed E-state index contributed by atoms with van der Waals surface area (Å²) in [6.07, 6.45) is 6.40. The maximum Gasteiger partial charge on any atom is 0.342 e. The van der Waals surface area contributed by atoms with Gasteiger partial charge in [0.2, 0.25) is 0 Å². The standard InChI is InChI=1S/C16H14N4O3/c1-2-22-16(21)13(9-12-6-4-8-23-12)15-18-14(19-20-15)11-5-3-7-17-10-11/h3-10H,2H2,1H3,(H,18,19,20). The third-order valence-electron chi connectivity index (χ3n) is 2.99. The predicted octanol–water partition coefficient (Wildman–Crippen LogP) is 2.56. The molecular weight excluding hydrogens is 296 g/mol. The Bertz CT molecular complexity index is 807. The second-order valence-electron chi connectivity index (χ2n) is 4.54. The van der Waals surface area contributed by atoms with E-state index in [9.17, 15) is 4.79 Å². The first-order valence-corrected chi connectivity index (χ1v) is 7.03. The summed E-state index contributed by atoms with van der Waals surface area (Å²) in [4.78, 5) is 20.6. The molecule has 0 bridgehead atoms. The van der Waals surface area contributed by atoms with Crippen LogP contribution >= 0.6 is 0 Å². The molecular formula is C16H14N4O3. The van der Waals surface area contributed by atoms with Gasteiger partial charge in [-0.1, -0.05) is 0 Å². The Labute approximate surface area is 132 Å². The molecule has 0 radical (unpaired) electrons. The molecule has 3 heterocycles. The fourth-order valence-corrected chi connectivity index (χ4v) is 1.95. The highest BCUT2D eigenvalue weighted by Gasteiger charge is 2.19. The third kappa shape index (κ3) is 3.34. The first-order chi connectivity index (χ1) is 11.3. The third-order valence-corrected chi connectivity index (χ3v) is 2.99. The van der Waals surface area contributed by atoms with E-state index in [1.165, 1.54) is 6.26 Å². The molecule has 3 aromatic heterocycles. The number of nitrogens with one attached hydrogen (secondary N) is 1. The molecule has 0 amide bonds. The largest absolute Gasteiger partial charge is 0.465 e. The van der Waals surface area contributed by atoms with Gasteiger partial charge < -0.3 is 9.15 Å². The molecule has 23 heavy (non-hydrogen) atoms. The van der Waals surface area contributed by atoms with E-state index < -0.39 is 5.97 Å². The first kappa shape index (κ1) is 14.7. The zero-order valence-corrected chi connectivity index (χ0v) is 12.4. The Morgan fingerprint density at radius 1 is 1.39 bits per heavy atom. The number of carbonyl (C=O) groups excluding carboxylic acids is 1. The molecule has 0 aliphatic carbocycles. The van der Waals surface area contributed by atoms with Crippen molar-refractivity contribution in [1.29, 1.82) is 0 Å². The number of furan rings is 1. The lowest BCUT2D eigenvalue weighted by atomic mass is 10.2. The van der Waals surface area contributed by atoms with Gasteiger partial charge in [-0.15, -0.1) is 0 Å². The highest BCUT2D eigenvalue weighted by atomic mass is 16.5. The van der Waals surface area contributed by atoms with Crippen LogP contribution in [0.3, 0.4) is 0 Å². The Morgan fingerprint density at radius 2 is 2.30 bits per heavy atom. The van der Waals surface area contributed by atoms with Crippen LogP contribution in [-0.4, -0.2) is 32.7 Å². The fourth-order valence-electron chi connectivity index (χ4n) is 1.95. The van der Waals surface area contributed by atoms with Gasteiger partial charge in [-0.05, 0) is 37.3 Å². The van der Waals surface area contributed by atoms with Gasteiger partial charge in [0.25, 0.3) is 0 Å². The lowest BCUT2D eigenvalue weighted by Gasteiger charge is -2.03. The normalized spacial score (nSPS) is 11.4. The molecule has 7 heteroatoms. The Balaban J connectivity index is 1.97. The van der Waals surface area contributed by atoms with Crippen molar-refractivity contribution in [3.05, 3.63) is 54.5 Å². The number of hydrogen-bond acceptors (Lipinski definition) is 6. The quantitative estimate of drug-likeness (QED) is 0.575. The second kappa shape index (κ2) is 6.69. The number of H-pyrrole nitrogens is 1. The van der Waals surface area contributed by atoms with Gasteiger partial charge >= 0.3 is 5.97 Å². The van der Waals surface area contributed by atoms with Gasteiger partial charge in [0.15, 0.2) is 11.6 Å². The van der Waals surface area contributed by atoms with Crippen LogP contribution in [0.5, 0.6) is 0 Å². The van der Waals surface area contributed by atoms with Crippen molar-refractivity contribution in [3.63, 3.8) is 0 Å². The number of carbonyl (C=O) groups is 1. The van der Waals surface area contributed by atoms with Crippen LogP contribution in [0, 0.1) is 0 Å². The Morgan fingerprint density at radius 3 is 3.00 bits per heavy atom. The molecule has 0 saturated carbocycles. The molecule has 1 N–H and O–H groups in total. The van der Waals surface area contributed by atoms with E-state index in [1.54, 1.807) is 43.6 Å². The molecule has 3 aromatic rings. The van der Waals surface area contributed by atoms with Crippen molar-refractivity contribution < 1.29 is 13.9 Å². The molecule has 0 spiro atoms. The van der Waals surface area contributed by atoms with Gasteiger partial charge in [0.1, 0.15) is 11.3 Å². The lowest BCUT2D eigenvalue weighted by molar-refractivity contribution is -0.136. The number of pyridine rings is 1. The summed E-state index contributed by atoms with van der Waals surface area (Å²) in [5.74, 6) is 0.770. The Kier molecular flexibility index (Phi) is 4.28. The van der Waals surface area contributed by atoms with Crippen LogP contribution in [-0.2, 0) is 9.53 Å². The molecule has 0 atom stereocenters. The summed E-state index contributed by atoms with van der Waals surface area (Å²) in [5, 5.41) is 6.88. The number of hydrogen-bond donors (Lipinski definition) is 1. The minimum Gasteiger partial charge on any atom is -0.465 e. The van der Waals surface area contributed by atoms with E-state index in [2.05, 4.69) is 20.2 Å². The van der Waals surface area contributed by atoms with Gasteiger partial charge in [-0.25, -0.2) is 9.78 Å². The summed E-state index contributed by atoms with van der Waals surface area (Å²) >= 11 is 0. The molecule has 0 aliphatic rings. The summed E-state index contributed by atoms with van der Waals surface area (Å²) in [5.41, 5.74) is 0.987. The fraction of sp³-hybridized carbons (Fsp3) is 0.125. The van der Waals surface area contributed by atoms with Crippen molar-refractivity contribution in [2.24, 2.45) is 0 Å². The molecule has 0 aromatic carbocycles. The highest BCUT2D eigenvalue weighted by Crippen LogP contribution is 2.20. The Hall–Kier alpha value is -3.22. The molecule has 3 rings (SSSR count). The summed E-state index contributed by atoms with van der Waals surface area (Å²) in [6, 6.07) is 7.09. The van der Waals surface area contributed by atoms with Crippen molar-refractivity contribution in [2.75, 3.05) is 6.61 Å². The average Bonchev–Trinajstić information content (AvgIpc) is 3.25. The minimum absolute atomic E-state index is 0.240. The van der Waals surface area contributed by atoms with Crippen molar-refractivity contribution >= 4 is 17.6 Å². The molecule has 0 unspecified atom stereocenters. The van der Waals surface area contributed by atoms with Gasteiger partial charge in [0, 0.05) is 18.0 Å². The number of aromatic amines is 1. The van der Waals surface area contributed by atoms with Crippen LogP contribution in [0.1, 0.15) is 18.5 Å². The summed E-state index contributed by atoms with van der Waals surface area (Å²) in [7, 11) is 0. The van der Waals surface area contributed by atoms with E-state index in [-0.39, 0.29) is 12.2 Å².